The van der Waals surface area contributed by atoms with Gasteiger partial charge in [0, 0.05) is 11.3 Å². The van der Waals surface area contributed by atoms with Crippen LogP contribution in [-0.2, 0) is 21.8 Å². The Morgan fingerprint density at radius 3 is 2.60 bits per heavy atom. The molecular weight excluding hydrogens is 303 g/mol. The highest BCUT2D eigenvalue weighted by molar-refractivity contribution is 6.16. The van der Waals surface area contributed by atoms with Crippen LogP contribution in [0.3, 0.4) is 0 Å². The number of nitrogens with one attached hydrogen (secondary N) is 1. The van der Waals surface area contributed by atoms with E-state index in [0.29, 0.717) is 0 Å². The number of hydrogen-bond acceptors (Lipinski definition) is 4. The monoisotopic (exact) mass is 313 g/mol. The molecule has 0 radical (unpaired) electrons. The van der Waals surface area contributed by atoms with Crippen molar-refractivity contribution < 1.29 is 27.4 Å². The van der Waals surface area contributed by atoms with Gasteiger partial charge in [-0.1, -0.05) is 0 Å². The number of halogens is 4. The first-order valence-corrected chi connectivity index (χ1v) is 6.02. The first-order valence-electron chi connectivity index (χ1n) is 5.49. The Hall–Kier alpha value is -1.70. The third-order valence-electron chi connectivity index (χ3n) is 2.12. The van der Waals surface area contributed by atoms with Crippen LogP contribution in [0.2, 0.25) is 0 Å². The Labute approximate surface area is 116 Å². The van der Waals surface area contributed by atoms with Crippen molar-refractivity contribution in [3.8, 4) is 5.75 Å². The highest BCUT2D eigenvalue weighted by Crippen LogP contribution is 2.24. The number of pyridine rings is 1. The molecule has 0 aliphatic carbocycles. The van der Waals surface area contributed by atoms with Crippen LogP contribution < -0.4 is 10.3 Å². The van der Waals surface area contributed by atoms with Gasteiger partial charge in [0.25, 0.3) is 5.56 Å². The zero-order valence-corrected chi connectivity index (χ0v) is 11.1. The van der Waals surface area contributed by atoms with Gasteiger partial charge in [-0.15, -0.1) is 24.8 Å². The number of H-pyrrole nitrogens is 1. The second-order valence-electron chi connectivity index (χ2n) is 3.64. The van der Waals surface area contributed by atoms with Crippen molar-refractivity contribution in [2.75, 3.05) is 6.61 Å². The molecule has 1 aromatic rings. The molecule has 0 saturated heterocycles. The van der Waals surface area contributed by atoms with Crippen molar-refractivity contribution in [1.82, 2.24) is 4.98 Å². The van der Waals surface area contributed by atoms with Crippen molar-refractivity contribution in [2.45, 2.75) is 25.6 Å². The number of esters is 1. The molecule has 1 heterocycles. The topological polar surface area (TPSA) is 68.4 Å². The largest absolute Gasteiger partial charge is 0.573 e. The van der Waals surface area contributed by atoms with E-state index in [1.807, 2.05) is 0 Å². The van der Waals surface area contributed by atoms with Crippen molar-refractivity contribution in [3.05, 3.63) is 27.7 Å². The summed E-state index contributed by atoms with van der Waals surface area (Å²) in [5, 5.41) is 0. The molecule has 0 fully saturated rings. The predicted octanol–water partition coefficient (Wildman–Crippen LogP) is 2.12. The maximum absolute atomic E-state index is 12.3. The number of carbonyl (C=O) groups is 1. The standard InChI is InChI=1S/C11H11ClF3NO4/c1-2-19-8(17)4-6-3-7(5-12)16-10(18)9(6)20-11(13,14)15/h3H,2,4-5H2,1H3,(H,16,18). The number of alkyl halides is 4. The summed E-state index contributed by atoms with van der Waals surface area (Å²) in [7, 11) is 0. The molecule has 0 amide bonds. The van der Waals surface area contributed by atoms with E-state index in [0.717, 1.165) is 6.07 Å². The molecule has 9 heteroatoms. The van der Waals surface area contributed by atoms with Crippen molar-refractivity contribution in [1.29, 1.82) is 0 Å². The van der Waals surface area contributed by atoms with Crippen LogP contribution in [-0.4, -0.2) is 23.9 Å². The number of rotatable bonds is 5. The zero-order chi connectivity index (χ0) is 15.3. The van der Waals surface area contributed by atoms with Crippen molar-refractivity contribution in [3.63, 3.8) is 0 Å². The molecule has 0 aliphatic heterocycles. The van der Waals surface area contributed by atoms with Gasteiger partial charge in [-0.3, -0.25) is 9.59 Å². The summed E-state index contributed by atoms with van der Waals surface area (Å²) in [4.78, 5) is 25.0. The average molecular weight is 314 g/mol. The van der Waals surface area contributed by atoms with Crippen molar-refractivity contribution >= 4 is 17.6 Å². The predicted molar refractivity (Wildman–Crippen MR) is 63.6 cm³/mol. The van der Waals surface area contributed by atoms with E-state index in [1.165, 1.54) is 0 Å². The molecule has 1 rings (SSSR count). The van der Waals surface area contributed by atoms with E-state index in [-0.39, 0.29) is 23.7 Å². The smallest absolute Gasteiger partial charge is 0.466 e. The molecule has 5 nitrogen and oxygen atoms in total. The second-order valence-corrected chi connectivity index (χ2v) is 3.91. The van der Waals surface area contributed by atoms with Gasteiger partial charge in [-0.25, -0.2) is 0 Å². The second kappa shape index (κ2) is 6.65. The fourth-order valence-electron chi connectivity index (χ4n) is 1.46. The molecule has 0 bridgehead atoms. The number of aromatic nitrogens is 1. The van der Waals surface area contributed by atoms with E-state index in [9.17, 15) is 22.8 Å². The summed E-state index contributed by atoms with van der Waals surface area (Å²) < 4.78 is 45.0. The Morgan fingerprint density at radius 1 is 1.45 bits per heavy atom. The summed E-state index contributed by atoms with van der Waals surface area (Å²) in [6.07, 6.45) is -5.56. The van der Waals surface area contributed by atoms with Gasteiger partial charge in [0.15, 0.2) is 5.75 Å². The first-order chi connectivity index (χ1) is 9.26. The van der Waals surface area contributed by atoms with Gasteiger partial charge in [0.1, 0.15) is 0 Å². The highest BCUT2D eigenvalue weighted by Gasteiger charge is 2.34. The van der Waals surface area contributed by atoms with Crippen LogP contribution in [0.1, 0.15) is 18.2 Å². The number of aromatic amines is 1. The van der Waals surface area contributed by atoms with Crippen molar-refractivity contribution in [2.24, 2.45) is 0 Å². The van der Waals surface area contributed by atoms with Gasteiger partial charge < -0.3 is 14.5 Å². The fraction of sp³-hybridized carbons (Fsp3) is 0.455. The summed E-state index contributed by atoms with van der Waals surface area (Å²) in [5.41, 5.74) is -1.18. The average Bonchev–Trinajstić information content (AvgIpc) is 2.32. The van der Waals surface area contributed by atoms with Crippen LogP contribution in [0.15, 0.2) is 10.9 Å². The fourth-order valence-corrected chi connectivity index (χ4v) is 1.60. The Bertz CT molecular complexity index is 541. The first kappa shape index (κ1) is 16.4. The molecule has 0 aliphatic rings. The lowest BCUT2D eigenvalue weighted by Gasteiger charge is -2.13. The molecule has 1 aromatic heterocycles. The van der Waals surface area contributed by atoms with Gasteiger partial charge >= 0.3 is 12.3 Å². The normalized spacial score (nSPS) is 11.2. The molecule has 1 N–H and O–H groups in total. The minimum absolute atomic E-state index is 0.0693. The van der Waals surface area contributed by atoms with Crippen LogP contribution in [0.4, 0.5) is 13.2 Å². The minimum Gasteiger partial charge on any atom is -0.466 e. The zero-order valence-electron chi connectivity index (χ0n) is 10.3. The summed E-state index contributed by atoms with van der Waals surface area (Å²) in [5.74, 6) is -1.89. The molecule has 0 unspecified atom stereocenters. The quantitative estimate of drug-likeness (QED) is 0.668. The minimum atomic E-state index is -5.04. The van der Waals surface area contributed by atoms with Gasteiger partial charge in [-0.2, -0.15) is 0 Å². The lowest BCUT2D eigenvalue weighted by molar-refractivity contribution is -0.275. The van der Waals surface area contributed by atoms with Gasteiger partial charge in [0.05, 0.1) is 18.9 Å². The lowest BCUT2D eigenvalue weighted by atomic mass is 10.1. The van der Waals surface area contributed by atoms with Crippen LogP contribution in [0.5, 0.6) is 5.75 Å². The Kier molecular flexibility index (Phi) is 5.43. The van der Waals surface area contributed by atoms with Crippen LogP contribution in [0.25, 0.3) is 0 Å². The van der Waals surface area contributed by atoms with E-state index in [4.69, 9.17) is 11.6 Å². The third-order valence-corrected chi connectivity index (χ3v) is 2.41. The van der Waals surface area contributed by atoms with E-state index < -0.39 is 30.1 Å². The van der Waals surface area contributed by atoms with E-state index >= 15 is 0 Å². The molecule has 0 spiro atoms. The molecule has 0 saturated carbocycles. The van der Waals surface area contributed by atoms with Gasteiger partial charge in [-0.05, 0) is 13.0 Å². The highest BCUT2D eigenvalue weighted by atomic mass is 35.5. The number of hydrogen-bond donors (Lipinski definition) is 1. The molecular formula is C11H11ClF3NO4. The number of ether oxygens (including phenoxy) is 2. The summed E-state index contributed by atoms with van der Waals surface area (Å²) >= 11 is 5.50. The Balaban J connectivity index is 3.19. The van der Waals surface area contributed by atoms with E-state index in [1.54, 1.807) is 6.92 Å². The maximum atomic E-state index is 12.3. The van der Waals surface area contributed by atoms with Gasteiger partial charge in [0.2, 0.25) is 0 Å². The molecule has 20 heavy (non-hydrogen) atoms. The van der Waals surface area contributed by atoms with Crippen LogP contribution in [0, 0.1) is 0 Å². The maximum Gasteiger partial charge on any atom is 0.573 e. The third kappa shape index (κ3) is 4.76. The number of carbonyl (C=O) groups excluding carboxylic acids is 1. The molecule has 0 atom stereocenters. The SMILES string of the molecule is CCOC(=O)Cc1cc(CCl)[nH]c(=O)c1OC(F)(F)F. The molecule has 0 aromatic carbocycles. The molecule has 112 valence electrons. The summed E-state index contributed by atoms with van der Waals surface area (Å²) in [6, 6.07) is 1.16. The lowest BCUT2D eigenvalue weighted by Crippen LogP contribution is -2.25. The van der Waals surface area contributed by atoms with Crippen LogP contribution >= 0.6 is 11.6 Å². The van der Waals surface area contributed by atoms with E-state index in [2.05, 4.69) is 14.5 Å². The Morgan fingerprint density at radius 2 is 2.10 bits per heavy atom. The summed E-state index contributed by atoms with van der Waals surface area (Å²) in [6.45, 7) is 1.62.